The Hall–Kier alpha value is -0.640. The third-order valence-corrected chi connectivity index (χ3v) is 8.05. The first kappa shape index (κ1) is 15.9. The molecule has 3 fully saturated rings. The van der Waals surface area contributed by atoms with Crippen LogP contribution in [0.2, 0.25) is 0 Å². The van der Waals surface area contributed by atoms with Crippen molar-refractivity contribution in [3.63, 3.8) is 0 Å². The van der Waals surface area contributed by atoms with E-state index in [1.165, 1.54) is 12.0 Å². The summed E-state index contributed by atoms with van der Waals surface area (Å²) in [6, 6.07) is 0. The lowest BCUT2D eigenvalue weighted by atomic mass is 9.50. The molecule has 3 nitrogen and oxygen atoms in total. The molecule has 0 aromatic heterocycles. The fraction of sp³-hybridized carbons (Fsp3) is 0.800. The molecule has 0 spiro atoms. The molecule has 0 aliphatic heterocycles. The predicted molar refractivity (Wildman–Crippen MR) is 91.7 cm³/mol. The molecule has 0 radical (unpaired) electrons. The summed E-state index contributed by atoms with van der Waals surface area (Å²) in [5, 5.41) is 24.2. The summed E-state index contributed by atoms with van der Waals surface area (Å²) < 4.78 is 0. The average molecular weight is 317 g/mol. The molecule has 0 aromatic rings. The number of aliphatic hydroxyl groups is 2. The number of hydrogen-bond acceptors (Lipinski definition) is 3. The molecule has 128 valence electrons. The third kappa shape index (κ3) is 2.06. The second-order valence-electron chi connectivity index (χ2n) is 8.98. The van der Waals surface area contributed by atoms with E-state index in [0.717, 1.165) is 38.5 Å². The Morgan fingerprint density at radius 1 is 1.04 bits per heavy atom. The average Bonchev–Trinajstić information content (AvgIpc) is 2.84. The number of allylic oxidation sites excluding steroid dienone is 3. The topological polar surface area (TPSA) is 52.5 Å². The molecule has 3 saturated carbocycles. The van der Waals surface area contributed by atoms with E-state index >= 15 is 0 Å². The smallest absolute Gasteiger partial charge is 0.119 e. The molecular weight excluding hydrogens is 286 g/mol. The summed E-state index contributed by atoms with van der Waals surface area (Å²) in [6.07, 6.45) is 11.5. The lowest BCUT2D eigenvalue weighted by molar-refractivity contribution is -0.0443. The van der Waals surface area contributed by atoms with Gasteiger partial charge in [0.15, 0.2) is 0 Å². The van der Waals surface area contributed by atoms with Gasteiger partial charge in [-0.25, -0.2) is 0 Å². The fourth-order valence-electron chi connectivity index (χ4n) is 6.18. The second kappa shape index (κ2) is 4.93. The van der Waals surface area contributed by atoms with Crippen LogP contribution in [0.25, 0.3) is 0 Å². The van der Waals surface area contributed by atoms with Gasteiger partial charge in [-0.2, -0.15) is 0 Å². The Labute approximate surface area is 139 Å². The van der Waals surface area contributed by atoms with E-state index in [1.54, 1.807) is 5.57 Å². The molecule has 4 aliphatic carbocycles. The highest BCUT2D eigenvalue weighted by molar-refractivity contribution is 5.39. The van der Waals surface area contributed by atoms with Crippen LogP contribution in [0.1, 0.15) is 58.8 Å². The number of hydrogen-bond donors (Lipinski definition) is 3. The summed E-state index contributed by atoms with van der Waals surface area (Å²) in [5.41, 5.74) is 2.56. The van der Waals surface area contributed by atoms with Crippen LogP contribution in [0.3, 0.4) is 0 Å². The normalized spacial score (nSPS) is 52.1. The summed E-state index contributed by atoms with van der Waals surface area (Å²) in [5.74, 6) is 1.16. The minimum absolute atomic E-state index is 0.0877. The Bertz CT molecular complexity index is 582. The first-order valence-electron chi connectivity index (χ1n) is 9.33. The summed E-state index contributed by atoms with van der Waals surface area (Å²) in [7, 11) is 1.86. The van der Waals surface area contributed by atoms with Gasteiger partial charge < -0.3 is 10.2 Å². The standard InChI is InChI=1S/C20H31NO2/c1-18-10-11-20(23,21-3)12-13(18)4-5-14-15-6-7-17(22)19(15,2)9-8-16(14)18/h4-5,15-17,21-23H,6-12H2,1-3H3/t15-,16-,17-,18-,19-,20-/m0/s1. The molecule has 0 aromatic carbocycles. The van der Waals surface area contributed by atoms with Crippen molar-refractivity contribution in [2.45, 2.75) is 70.6 Å². The van der Waals surface area contributed by atoms with Crippen molar-refractivity contribution in [3.8, 4) is 0 Å². The molecule has 0 amide bonds. The van der Waals surface area contributed by atoms with Crippen LogP contribution in [0.15, 0.2) is 23.3 Å². The molecule has 4 aliphatic rings. The SMILES string of the molecule is CN[C@]1(O)CC[C@@]2(C)C(=CC=C3[C@@H]4CC[C@H](O)[C@@]4(C)CC[C@@H]32)C1. The van der Waals surface area contributed by atoms with Crippen molar-refractivity contribution in [2.24, 2.45) is 22.7 Å². The Kier molecular flexibility index (Phi) is 3.40. The number of aliphatic hydroxyl groups excluding tert-OH is 1. The van der Waals surface area contributed by atoms with E-state index in [2.05, 4.69) is 31.3 Å². The molecule has 6 atom stereocenters. The maximum atomic E-state index is 10.6. The summed E-state index contributed by atoms with van der Waals surface area (Å²) in [4.78, 5) is 0. The van der Waals surface area contributed by atoms with Gasteiger partial charge in [-0.3, -0.25) is 5.32 Å². The van der Waals surface area contributed by atoms with Crippen molar-refractivity contribution in [1.82, 2.24) is 5.32 Å². The number of nitrogens with one attached hydrogen (secondary N) is 1. The van der Waals surface area contributed by atoms with E-state index in [1.807, 2.05) is 7.05 Å². The van der Waals surface area contributed by atoms with Gasteiger partial charge in [0.05, 0.1) is 6.10 Å². The minimum atomic E-state index is -0.733. The molecule has 3 N–H and O–H groups in total. The van der Waals surface area contributed by atoms with Crippen LogP contribution >= 0.6 is 0 Å². The zero-order valence-electron chi connectivity index (χ0n) is 14.7. The van der Waals surface area contributed by atoms with Crippen LogP contribution in [0.5, 0.6) is 0 Å². The fourth-order valence-corrected chi connectivity index (χ4v) is 6.18. The van der Waals surface area contributed by atoms with E-state index in [9.17, 15) is 10.2 Å². The third-order valence-electron chi connectivity index (χ3n) is 8.05. The first-order chi connectivity index (χ1) is 10.8. The van der Waals surface area contributed by atoms with Crippen molar-refractivity contribution in [1.29, 1.82) is 0 Å². The maximum absolute atomic E-state index is 10.6. The summed E-state index contributed by atoms with van der Waals surface area (Å²) in [6.45, 7) is 4.72. The highest BCUT2D eigenvalue weighted by atomic mass is 16.3. The molecular formula is C20H31NO2. The monoisotopic (exact) mass is 317 g/mol. The Morgan fingerprint density at radius 3 is 2.57 bits per heavy atom. The van der Waals surface area contributed by atoms with Crippen LogP contribution in [0, 0.1) is 22.7 Å². The molecule has 3 heteroatoms. The van der Waals surface area contributed by atoms with Gasteiger partial charge in [0.25, 0.3) is 0 Å². The zero-order chi connectivity index (χ0) is 16.5. The summed E-state index contributed by atoms with van der Waals surface area (Å²) >= 11 is 0. The van der Waals surface area contributed by atoms with Crippen LogP contribution in [-0.4, -0.2) is 29.1 Å². The minimum Gasteiger partial charge on any atom is -0.393 e. The van der Waals surface area contributed by atoms with Gasteiger partial charge in [-0.15, -0.1) is 0 Å². The van der Waals surface area contributed by atoms with Crippen molar-refractivity contribution in [2.75, 3.05) is 7.05 Å². The van der Waals surface area contributed by atoms with Gasteiger partial charge in [0.1, 0.15) is 5.72 Å². The van der Waals surface area contributed by atoms with Gasteiger partial charge in [0, 0.05) is 11.8 Å². The highest BCUT2D eigenvalue weighted by Gasteiger charge is 2.56. The van der Waals surface area contributed by atoms with Crippen LogP contribution < -0.4 is 5.32 Å². The predicted octanol–water partition coefficient (Wildman–Crippen LogP) is 3.14. The Morgan fingerprint density at radius 2 is 1.83 bits per heavy atom. The maximum Gasteiger partial charge on any atom is 0.119 e. The van der Waals surface area contributed by atoms with Gasteiger partial charge in [-0.05, 0) is 62.8 Å². The zero-order valence-corrected chi connectivity index (χ0v) is 14.7. The highest BCUT2D eigenvalue weighted by Crippen LogP contribution is 2.63. The molecule has 0 bridgehead atoms. The number of fused-ring (bicyclic) bond motifs is 5. The lowest BCUT2D eigenvalue weighted by Crippen LogP contribution is -2.53. The van der Waals surface area contributed by atoms with Crippen molar-refractivity contribution < 1.29 is 10.2 Å². The molecule has 0 saturated heterocycles. The number of rotatable bonds is 1. The quantitative estimate of drug-likeness (QED) is 0.651. The van der Waals surface area contributed by atoms with Crippen molar-refractivity contribution >= 4 is 0 Å². The molecule has 0 heterocycles. The molecule has 23 heavy (non-hydrogen) atoms. The lowest BCUT2D eigenvalue weighted by Gasteiger charge is -2.55. The molecule has 4 rings (SSSR count). The van der Waals surface area contributed by atoms with E-state index in [0.29, 0.717) is 11.8 Å². The van der Waals surface area contributed by atoms with E-state index in [-0.39, 0.29) is 16.9 Å². The van der Waals surface area contributed by atoms with Gasteiger partial charge in [-0.1, -0.05) is 37.1 Å². The van der Waals surface area contributed by atoms with E-state index < -0.39 is 5.72 Å². The molecule has 0 unspecified atom stereocenters. The van der Waals surface area contributed by atoms with E-state index in [4.69, 9.17) is 0 Å². The van der Waals surface area contributed by atoms with Gasteiger partial charge in [0.2, 0.25) is 0 Å². The Balaban J connectivity index is 1.71. The van der Waals surface area contributed by atoms with Crippen molar-refractivity contribution in [3.05, 3.63) is 23.3 Å². The van der Waals surface area contributed by atoms with Crippen LogP contribution in [-0.2, 0) is 0 Å². The second-order valence-corrected chi connectivity index (χ2v) is 8.98. The van der Waals surface area contributed by atoms with Crippen LogP contribution in [0.4, 0.5) is 0 Å². The van der Waals surface area contributed by atoms with Gasteiger partial charge >= 0.3 is 0 Å². The largest absolute Gasteiger partial charge is 0.393 e. The first-order valence-corrected chi connectivity index (χ1v) is 9.33.